The quantitative estimate of drug-likeness (QED) is 0.135. The summed E-state index contributed by atoms with van der Waals surface area (Å²) >= 11 is 0. The van der Waals surface area contributed by atoms with Gasteiger partial charge in [0.1, 0.15) is 5.82 Å². The molecule has 0 unspecified atom stereocenters. The summed E-state index contributed by atoms with van der Waals surface area (Å²) in [6.07, 6.45) is 5.94. The number of rotatable bonds is 17. The lowest BCUT2D eigenvalue weighted by Crippen LogP contribution is -2.53. The van der Waals surface area contributed by atoms with Gasteiger partial charge in [0.25, 0.3) is 0 Å². The van der Waals surface area contributed by atoms with E-state index < -0.39 is 0 Å². The normalized spacial score (nSPS) is 13.6. The third kappa shape index (κ3) is 7.61. The molecule has 0 radical (unpaired) electrons. The molecule has 0 N–H and O–H groups in total. The first-order valence-corrected chi connectivity index (χ1v) is 15.3. The number of ether oxygens (including phenoxy) is 5. The van der Waals surface area contributed by atoms with Gasteiger partial charge in [0.2, 0.25) is 0 Å². The number of benzene rings is 2. The van der Waals surface area contributed by atoms with E-state index in [4.69, 9.17) is 28.7 Å². The lowest BCUT2D eigenvalue weighted by molar-refractivity contribution is -0.0282. The zero-order chi connectivity index (χ0) is 30.0. The Hall–Kier alpha value is -3.86. The second kappa shape index (κ2) is 15.2. The first kappa shape index (κ1) is 30.2. The molecule has 3 aromatic heterocycles. The average Bonchev–Trinajstić information content (AvgIpc) is 3.33. The molecule has 0 atom stereocenters. The molecule has 0 amide bonds. The molecule has 1 saturated heterocycles. The molecule has 5 aromatic rings. The van der Waals surface area contributed by atoms with Crippen LogP contribution in [-0.2, 0) is 37.3 Å². The maximum atomic E-state index is 5.95. The summed E-state index contributed by atoms with van der Waals surface area (Å²) in [6, 6.07) is 23.0. The SMILES string of the molecule is Cn1c2ccncc2c2ccc(-c3ccc(N4CC(OCCOCCOCCOCCOCc5ccccc5)C4)nc3)cc21. The van der Waals surface area contributed by atoms with Crippen LogP contribution in [0.1, 0.15) is 5.56 Å². The Morgan fingerprint density at radius 3 is 2.11 bits per heavy atom. The fourth-order valence-corrected chi connectivity index (χ4v) is 5.41. The smallest absolute Gasteiger partial charge is 0.128 e. The van der Waals surface area contributed by atoms with Crippen molar-refractivity contribution in [2.75, 3.05) is 70.8 Å². The summed E-state index contributed by atoms with van der Waals surface area (Å²) in [5.41, 5.74) is 5.80. The van der Waals surface area contributed by atoms with Gasteiger partial charge < -0.3 is 33.2 Å². The molecule has 1 aliphatic heterocycles. The Morgan fingerprint density at radius 2 is 1.39 bits per heavy atom. The number of hydrogen-bond acceptors (Lipinski definition) is 8. The summed E-state index contributed by atoms with van der Waals surface area (Å²) in [4.78, 5) is 11.3. The summed E-state index contributed by atoms with van der Waals surface area (Å²) in [5, 5.41) is 2.39. The second-order valence-corrected chi connectivity index (χ2v) is 10.9. The number of aromatic nitrogens is 3. The molecule has 9 nitrogen and oxygen atoms in total. The molecule has 1 fully saturated rings. The Labute approximate surface area is 258 Å². The van der Waals surface area contributed by atoms with Gasteiger partial charge in [-0.2, -0.15) is 0 Å². The zero-order valence-electron chi connectivity index (χ0n) is 25.3. The zero-order valence-corrected chi connectivity index (χ0v) is 25.3. The van der Waals surface area contributed by atoms with Gasteiger partial charge in [-0.25, -0.2) is 4.98 Å². The van der Waals surface area contributed by atoms with Crippen molar-refractivity contribution in [3.05, 3.63) is 90.9 Å². The predicted molar refractivity (Wildman–Crippen MR) is 172 cm³/mol. The van der Waals surface area contributed by atoms with Crippen LogP contribution in [0.15, 0.2) is 85.3 Å². The molecular weight excluding hydrogens is 556 g/mol. The molecule has 44 heavy (non-hydrogen) atoms. The van der Waals surface area contributed by atoms with Crippen LogP contribution >= 0.6 is 0 Å². The fraction of sp³-hybridized carbons (Fsp3) is 0.371. The van der Waals surface area contributed by atoms with Crippen molar-refractivity contribution in [3.63, 3.8) is 0 Å². The Bertz CT molecular complexity index is 1600. The Morgan fingerprint density at radius 1 is 0.682 bits per heavy atom. The maximum absolute atomic E-state index is 5.95. The molecule has 0 aliphatic carbocycles. The van der Waals surface area contributed by atoms with E-state index in [2.05, 4.69) is 70.0 Å². The summed E-state index contributed by atoms with van der Waals surface area (Å²) in [7, 11) is 2.10. The van der Waals surface area contributed by atoms with E-state index in [9.17, 15) is 0 Å². The van der Waals surface area contributed by atoms with Crippen molar-refractivity contribution < 1.29 is 23.7 Å². The average molecular weight is 597 g/mol. The molecular formula is C35H40N4O5. The molecule has 4 heterocycles. The van der Waals surface area contributed by atoms with Gasteiger partial charge in [-0.15, -0.1) is 0 Å². The predicted octanol–water partition coefficient (Wildman–Crippen LogP) is 5.26. The topological polar surface area (TPSA) is 80.1 Å². The highest BCUT2D eigenvalue weighted by Gasteiger charge is 2.28. The molecule has 0 spiro atoms. The van der Waals surface area contributed by atoms with E-state index in [-0.39, 0.29) is 6.10 Å². The van der Waals surface area contributed by atoms with Crippen LogP contribution in [0.3, 0.4) is 0 Å². The van der Waals surface area contributed by atoms with E-state index in [1.54, 1.807) is 0 Å². The third-order valence-electron chi connectivity index (χ3n) is 7.87. The molecule has 6 rings (SSSR count). The van der Waals surface area contributed by atoms with Crippen molar-refractivity contribution in [2.45, 2.75) is 12.7 Å². The first-order chi connectivity index (χ1) is 21.8. The fourth-order valence-electron chi connectivity index (χ4n) is 5.41. The van der Waals surface area contributed by atoms with Crippen LogP contribution in [-0.4, -0.2) is 86.6 Å². The minimum Gasteiger partial charge on any atom is -0.377 e. The first-order valence-electron chi connectivity index (χ1n) is 15.3. The van der Waals surface area contributed by atoms with Crippen LogP contribution < -0.4 is 4.90 Å². The molecule has 0 saturated carbocycles. The minimum atomic E-state index is 0.202. The van der Waals surface area contributed by atoms with E-state index >= 15 is 0 Å². The van der Waals surface area contributed by atoms with Crippen molar-refractivity contribution in [1.29, 1.82) is 0 Å². The van der Waals surface area contributed by atoms with Gasteiger partial charge in [0.05, 0.1) is 71.1 Å². The van der Waals surface area contributed by atoms with Crippen molar-refractivity contribution in [2.24, 2.45) is 7.05 Å². The number of fused-ring (bicyclic) bond motifs is 3. The standard InChI is InChI=1S/C35H40N4O5/c1-38-33-11-12-36-23-32(33)31-9-7-28(21-34(31)38)29-8-10-35(37-22-29)39-24-30(25-39)44-20-19-42-16-15-40-13-14-41-17-18-43-26-27-5-3-2-4-6-27/h2-12,21-23,30H,13-20,24-26H2,1H3. The Balaban J connectivity index is 0.802. The number of anilines is 1. The maximum Gasteiger partial charge on any atom is 0.128 e. The van der Waals surface area contributed by atoms with E-state index in [0.29, 0.717) is 59.5 Å². The molecule has 9 heteroatoms. The van der Waals surface area contributed by atoms with Gasteiger partial charge >= 0.3 is 0 Å². The Kier molecular flexibility index (Phi) is 10.4. The highest BCUT2D eigenvalue weighted by Crippen LogP contribution is 2.31. The molecule has 0 bridgehead atoms. The number of pyridine rings is 2. The number of nitrogens with zero attached hydrogens (tertiary/aromatic N) is 4. The van der Waals surface area contributed by atoms with Gasteiger partial charge in [-0.1, -0.05) is 42.5 Å². The van der Waals surface area contributed by atoms with Crippen molar-refractivity contribution in [3.8, 4) is 11.1 Å². The monoisotopic (exact) mass is 596 g/mol. The third-order valence-corrected chi connectivity index (χ3v) is 7.87. The van der Waals surface area contributed by atoms with E-state index in [1.165, 1.54) is 27.4 Å². The lowest BCUT2D eigenvalue weighted by atomic mass is 10.0. The van der Waals surface area contributed by atoms with Crippen LogP contribution in [0, 0.1) is 0 Å². The van der Waals surface area contributed by atoms with E-state index in [1.807, 2.05) is 36.8 Å². The van der Waals surface area contributed by atoms with Crippen LogP contribution in [0.2, 0.25) is 0 Å². The van der Waals surface area contributed by atoms with Gasteiger partial charge in [-0.3, -0.25) is 4.98 Å². The number of hydrogen-bond donors (Lipinski definition) is 0. The van der Waals surface area contributed by atoms with Crippen LogP contribution in [0.4, 0.5) is 5.82 Å². The van der Waals surface area contributed by atoms with Crippen molar-refractivity contribution >= 4 is 27.6 Å². The molecule has 2 aromatic carbocycles. The lowest BCUT2D eigenvalue weighted by Gasteiger charge is -2.39. The highest BCUT2D eigenvalue weighted by atomic mass is 16.6. The van der Waals surface area contributed by atoms with Gasteiger partial charge in [0.15, 0.2) is 0 Å². The highest BCUT2D eigenvalue weighted by molar-refractivity contribution is 6.08. The minimum absolute atomic E-state index is 0.202. The summed E-state index contributed by atoms with van der Waals surface area (Å²) in [6.45, 7) is 6.72. The van der Waals surface area contributed by atoms with Gasteiger partial charge in [-0.05, 0) is 35.4 Å². The van der Waals surface area contributed by atoms with Crippen molar-refractivity contribution in [1.82, 2.24) is 14.5 Å². The van der Waals surface area contributed by atoms with E-state index in [0.717, 1.165) is 30.0 Å². The molecule has 230 valence electrons. The summed E-state index contributed by atoms with van der Waals surface area (Å²) < 4.78 is 30.5. The molecule has 1 aliphatic rings. The second-order valence-electron chi connectivity index (χ2n) is 10.9. The van der Waals surface area contributed by atoms with Gasteiger partial charge in [0, 0.05) is 60.6 Å². The largest absolute Gasteiger partial charge is 0.377 e. The summed E-state index contributed by atoms with van der Waals surface area (Å²) in [5.74, 6) is 0.974. The van der Waals surface area contributed by atoms with Crippen LogP contribution in [0.25, 0.3) is 32.9 Å². The number of aryl methyl sites for hydroxylation is 1. The van der Waals surface area contributed by atoms with Crippen LogP contribution in [0.5, 0.6) is 0 Å².